The van der Waals surface area contributed by atoms with Gasteiger partial charge in [-0.2, -0.15) is 0 Å². The van der Waals surface area contributed by atoms with E-state index in [1.807, 2.05) is 24.3 Å². The van der Waals surface area contributed by atoms with Crippen molar-refractivity contribution < 1.29 is 19.0 Å². The van der Waals surface area contributed by atoms with Crippen molar-refractivity contribution in [1.29, 1.82) is 0 Å². The van der Waals surface area contributed by atoms with E-state index in [4.69, 9.17) is 19.9 Å². The molecule has 2 aromatic carbocycles. The Morgan fingerprint density at radius 3 is 2.73 bits per heavy atom. The lowest BCUT2D eigenvalue weighted by Gasteiger charge is -2.13. The number of carbonyl (C=O) groups is 1. The van der Waals surface area contributed by atoms with Crippen LogP contribution in [0.15, 0.2) is 42.5 Å². The summed E-state index contributed by atoms with van der Waals surface area (Å²) in [5.41, 5.74) is 7.81. The summed E-state index contributed by atoms with van der Waals surface area (Å²) in [5.74, 6) is 0.495. The van der Waals surface area contributed by atoms with E-state index in [9.17, 15) is 4.79 Å². The van der Waals surface area contributed by atoms with Crippen LogP contribution in [0.5, 0.6) is 11.5 Å². The highest BCUT2D eigenvalue weighted by atomic mass is 16.6. The van der Waals surface area contributed by atoms with E-state index in [-0.39, 0.29) is 6.10 Å². The van der Waals surface area contributed by atoms with E-state index in [2.05, 4.69) is 0 Å². The van der Waals surface area contributed by atoms with Gasteiger partial charge in [0.15, 0.2) is 0 Å². The number of hydrogen-bond donors (Lipinski definition) is 1. The average molecular weight is 299 g/mol. The number of esters is 1. The highest BCUT2D eigenvalue weighted by Crippen LogP contribution is 2.31. The molecule has 22 heavy (non-hydrogen) atoms. The number of anilines is 1. The Labute approximate surface area is 128 Å². The van der Waals surface area contributed by atoms with Crippen molar-refractivity contribution in [3.05, 3.63) is 53.6 Å². The fourth-order valence-electron chi connectivity index (χ4n) is 2.20. The number of nitrogens with two attached hydrogens (primary N) is 1. The molecule has 1 aliphatic rings. The van der Waals surface area contributed by atoms with E-state index in [0.29, 0.717) is 22.7 Å². The van der Waals surface area contributed by atoms with Crippen LogP contribution in [0.2, 0.25) is 0 Å². The van der Waals surface area contributed by atoms with Crippen molar-refractivity contribution in [2.45, 2.75) is 12.5 Å². The molecule has 0 aromatic heterocycles. The Morgan fingerprint density at radius 1 is 1.27 bits per heavy atom. The molecule has 1 fully saturated rings. The maximum Gasteiger partial charge on any atom is 0.341 e. The number of rotatable bonds is 5. The van der Waals surface area contributed by atoms with Crippen LogP contribution in [-0.2, 0) is 15.9 Å². The van der Waals surface area contributed by atoms with E-state index in [0.717, 1.165) is 18.6 Å². The van der Waals surface area contributed by atoms with E-state index in [1.165, 1.54) is 7.11 Å². The second kappa shape index (κ2) is 6.07. The molecule has 1 unspecified atom stereocenters. The summed E-state index contributed by atoms with van der Waals surface area (Å²) in [7, 11) is 1.34. The first kappa shape index (κ1) is 14.4. The molecule has 1 aliphatic heterocycles. The Bertz CT molecular complexity index is 695. The highest BCUT2D eigenvalue weighted by molar-refractivity contribution is 5.92. The second-order valence-corrected chi connectivity index (χ2v) is 5.12. The van der Waals surface area contributed by atoms with Gasteiger partial charge in [0.2, 0.25) is 0 Å². The Kier molecular flexibility index (Phi) is 3.98. The van der Waals surface area contributed by atoms with Crippen molar-refractivity contribution in [3.8, 4) is 11.5 Å². The average Bonchev–Trinajstić information content (AvgIpc) is 3.33. The molecule has 2 N–H and O–H groups in total. The molecule has 5 heteroatoms. The standard InChI is InChI=1S/C17H17NO4/c1-20-17(19)13-7-6-11(8-12-10-21-12)9-16(13)22-15-5-3-2-4-14(15)18/h2-7,9,12H,8,10,18H2,1H3. The number of nitrogen functional groups attached to an aromatic ring is 1. The summed E-state index contributed by atoms with van der Waals surface area (Å²) in [5, 5.41) is 0. The minimum absolute atomic E-state index is 0.263. The molecule has 114 valence electrons. The van der Waals surface area contributed by atoms with Crippen molar-refractivity contribution in [1.82, 2.24) is 0 Å². The summed E-state index contributed by atoms with van der Waals surface area (Å²) in [6.07, 6.45) is 1.06. The molecule has 0 bridgehead atoms. The molecular formula is C17H17NO4. The van der Waals surface area contributed by atoms with Crippen molar-refractivity contribution in [2.24, 2.45) is 0 Å². The zero-order valence-corrected chi connectivity index (χ0v) is 12.2. The predicted molar refractivity (Wildman–Crippen MR) is 82.2 cm³/mol. The monoisotopic (exact) mass is 299 g/mol. The smallest absolute Gasteiger partial charge is 0.341 e. The lowest BCUT2D eigenvalue weighted by Crippen LogP contribution is -2.05. The zero-order chi connectivity index (χ0) is 15.5. The maximum atomic E-state index is 11.9. The van der Waals surface area contributed by atoms with Gasteiger partial charge in [-0.25, -0.2) is 4.79 Å². The van der Waals surface area contributed by atoms with Gasteiger partial charge < -0.3 is 19.9 Å². The van der Waals surface area contributed by atoms with Crippen LogP contribution < -0.4 is 10.5 Å². The van der Waals surface area contributed by atoms with Crippen LogP contribution in [0, 0.1) is 0 Å². The van der Waals surface area contributed by atoms with Crippen molar-refractivity contribution in [2.75, 3.05) is 19.5 Å². The molecule has 1 atom stereocenters. The van der Waals surface area contributed by atoms with Crippen LogP contribution in [-0.4, -0.2) is 25.8 Å². The van der Waals surface area contributed by atoms with E-state index < -0.39 is 5.97 Å². The second-order valence-electron chi connectivity index (χ2n) is 5.12. The number of para-hydroxylation sites is 2. The fourth-order valence-corrected chi connectivity index (χ4v) is 2.20. The number of epoxide rings is 1. The van der Waals surface area contributed by atoms with Gasteiger partial charge in [-0.3, -0.25) is 0 Å². The quantitative estimate of drug-likeness (QED) is 0.522. The number of methoxy groups -OCH3 is 1. The first-order chi connectivity index (χ1) is 10.7. The third kappa shape index (κ3) is 3.20. The molecule has 0 spiro atoms. The lowest BCUT2D eigenvalue weighted by molar-refractivity contribution is 0.0598. The van der Waals surface area contributed by atoms with E-state index in [1.54, 1.807) is 18.2 Å². The Hall–Kier alpha value is -2.53. The third-order valence-corrected chi connectivity index (χ3v) is 3.46. The molecule has 0 radical (unpaired) electrons. The topological polar surface area (TPSA) is 74.1 Å². The molecule has 1 heterocycles. The minimum atomic E-state index is -0.446. The summed E-state index contributed by atoms with van der Waals surface area (Å²) in [6, 6.07) is 12.6. The van der Waals surface area contributed by atoms with Gasteiger partial charge in [0.05, 0.1) is 25.5 Å². The summed E-state index contributed by atoms with van der Waals surface area (Å²) >= 11 is 0. The normalized spacial score (nSPS) is 16.1. The first-order valence-electron chi connectivity index (χ1n) is 7.02. The fraction of sp³-hybridized carbons (Fsp3) is 0.235. The van der Waals surface area contributed by atoms with Gasteiger partial charge in [0, 0.05) is 6.42 Å². The number of ether oxygens (including phenoxy) is 3. The predicted octanol–water partition coefficient (Wildman–Crippen LogP) is 2.79. The Morgan fingerprint density at radius 2 is 2.05 bits per heavy atom. The molecule has 0 aliphatic carbocycles. The molecule has 0 amide bonds. The van der Waals surface area contributed by atoms with Crippen LogP contribution in [0.25, 0.3) is 0 Å². The van der Waals surface area contributed by atoms with Crippen LogP contribution in [0.4, 0.5) is 5.69 Å². The highest BCUT2D eigenvalue weighted by Gasteiger charge is 2.24. The van der Waals surface area contributed by atoms with Gasteiger partial charge in [0.25, 0.3) is 0 Å². The maximum absolute atomic E-state index is 11.9. The molecule has 5 nitrogen and oxygen atoms in total. The van der Waals surface area contributed by atoms with Crippen molar-refractivity contribution in [3.63, 3.8) is 0 Å². The molecule has 3 rings (SSSR count). The van der Waals surface area contributed by atoms with Crippen LogP contribution in [0.3, 0.4) is 0 Å². The van der Waals surface area contributed by atoms with Crippen molar-refractivity contribution >= 4 is 11.7 Å². The lowest BCUT2D eigenvalue weighted by atomic mass is 10.1. The number of benzene rings is 2. The summed E-state index contributed by atoms with van der Waals surface area (Å²) < 4.78 is 15.9. The SMILES string of the molecule is COC(=O)c1ccc(CC2CO2)cc1Oc1ccccc1N. The Balaban J connectivity index is 1.93. The third-order valence-electron chi connectivity index (χ3n) is 3.46. The number of carbonyl (C=O) groups excluding carboxylic acids is 1. The van der Waals surface area contributed by atoms with Crippen LogP contribution >= 0.6 is 0 Å². The van der Waals surface area contributed by atoms with Gasteiger partial charge in [-0.05, 0) is 29.8 Å². The molecule has 1 saturated heterocycles. The van der Waals surface area contributed by atoms with Gasteiger partial charge >= 0.3 is 5.97 Å². The van der Waals surface area contributed by atoms with Gasteiger partial charge in [-0.1, -0.05) is 18.2 Å². The van der Waals surface area contributed by atoms with Crippen LogP contribution in [0.1, 0.15) is 15.9 Å². The zero-order valence-electron chi connectivity index (χ0n) is 12.2. The molecular weight excluding hydrogens is 282 g/mol. The molecule has 2 aromatic rings. The van der Waals surface area contributed by atoms with E-state index >= 15 is 0 Å². The van der Waals surface area contributed by atoms with Gasteiger partial charge in [-0.15, -0.1) is 0 Å². The number of hydrogen-bond acceptors (Lipinski definition) is 5. The first-order valence-corrected chi connectivity index (χ1v) is 7.02. The largest absolute Gasteiger partial charge is 0.465 e. The summed E-state index contributed by atoms with van der Waals surface area (Å²) in [4.78, 5) is 11.9. The van der Waals surface area contributed by atoms with Gasteiger partial charge in [0.1, 0.15) is 17.1 Å². The molecule has 0 saturated carbocycles. The minimum Gasteiger partial charge on any atom is -0.465 e. The summed E-state index contributed by atoms with van der Waals surface area (Å²) in [6.45, 7) is 0.778.